The fourth-order valence-electron chi connectivity index (χ4n) is 1.10. The van der Waals surface area contributed by atoms with Crippen molar-refractivity contribution in [2.45, 2.75) is 0 Å². The number of oxazole rings is 1. The van der Waals surface area contributed by atoms with E-state index in [1.807, 2.05) is 0 Å². The number of nitrogens with one attached hydrogen (secondary N) is 1. The van der Waals surface area contributed by atoms with Crippen LogP contribution in [0.1, 0.15) is 0 Å². The lowest BCUT2D eigenvalue weighted by Gasteiger charge is -1.95. The van der Waals surface area contributed by atoms with Gasteiger partial charge in [0.05, 0.1) is 7.11 Å². The third kappa shape index (κ3) is 1.29. The highest BCUT2D eigenvalue weighted by molar-refractivity contribution is 5.76. The summed E-state index contributed by atoms with van der Waals surface area (Å²) in [7, 11) is 1.60. The molecule has 0 saturated carbocycles. The summed E-state index contributed by atoms with van der Waals surface area (Å²) < 4.78 is 10.2. The van der Waals surface area contributed by atoms with E-state index in [0.717, 1.165) is 5.75 Å². The van der Waals surface area contributed by atoms with Crippen molar-refractivity contribution < 1.29 is 9.15 Å². The first-order chi connectivity index (χ1) is 6.33. The third-order valence-electron chi connectivity index (χ3n) is 1.72. The number of fused-ring (bicyclic) bond motifs is 1. The van der Waals surface area contributed by atoms with Crippen molar-refractivity contribution in [3.8, 4) is 5.75 Å². The molecule has 0 fully saturated rings. The van der Waals surface area contributed by atoms with Crippen LogP contribution in [0, 0.1) is 0 Å². The van der Waals surface area contributed by atoms with Crippen LogP contribution in [0.15, 0.2) is 22.6 Å². The molecule has 0 bridgehead atoms. The number of nitrogen functional groups attached to an aromatic ring is 1. The summed E-state index contributed by atoms with van der Waals surface area (Å²) in [4.78, 5) is 4.06. The van der Waals surface area contributed by atoms with Crippen molar-refractivity contribution >= 4 is 17.1 Å². The summed E-state index contributed by atoms with van der Waals surface area (Å²) in [5.74, 6) is 5.89. The van der Waals surface area contributed by atoms with Gasteiger partial charge in [0.2, 0.25) is 0 Å². The number of methoxy groups -OCH3 is 1. The molecule has 1 heterocycles. The molecule has 0 unspecified atom stereocenters. The summed E-state index contributed by atoms with van der Waals surface area (Å²) in [6, 6.07) is 5.65. The summed E-state index contributed by atoms with van der Waals surface area (Å²) in [6.45, 7) is 0. The quantitative estimate of drug-likeness (QED) is 0.533. The lowest BCUT2D eigenvalue weighted by molar-refractivity contribution is 0.415. The molecule has 0 aliphatic carbocycles. The smallest absolute Gasteiger partial charge is 0.310 e. The van der Waals surface area contributed by atoms with Crippen LogP contribution in [-0.2, 0) is 0 Å². The number of nitrogens with zero attached hydrogens (tertiary/aromatic N) is 1. The Morgan fingerprint density at radius 2 is 2.38 bits per heavy atom. The van der Waals surface area contributed by atoms with E-state index in [2.05, 4.69) is 10.4 Å². The van der Waals surface area contributed by atoms with E-state index in [9.17, 15) is 0 Å². The zero-order chi connectivity index (χ0) is 9.26. The molecule has 5 nitrogen and oxygen atoms in total. The molecule has 0 aliphatic heterocycles. The molecule has 2 aromatic rings. The standard InChI is InChI=1S/C8H9N3O2/c1-12-5-2-3-7-6(4-5)10-8(11-9)13-7/h2-4H,9H2,1H3,(H,10,11). The molecular formula is C8H9N3O2. The van der Waals surface area contributed by atoms with Crippen LogP contribution in [0.3, 0.4) is 0 Å². The average Bonchev–Trinajstić information content (AvgIpc) is 2.58. The summed E-state index contributed by atoms with van der Waals surface area (Å²) in [5.41, 5.74) is 3.73. The number of rotatable bonds is 2. The highest BCUT2D eigenvalue weighted by atomic mass is 16.5. The van der Waals surface area contributed by atoms with Crippen LogP contribution in [0.2, 0.25) is 0 Å². The van der Waals surface area contributed by atoms with Crippen molar-refractivity contribution in [1.29, 1.82) is 0 Å². The Balaban J connectivity index is 2.57. The molecule has 1 aromatic carbocycles. The SMILES string of the molecule is COc1ccc2oc(NN)nc2c1. The predicted octanol–water partition coefficient (Wildman–Crippen LogP) is 1.12. The summed E-state index contributed by atoms with van der Waals surface area (Å²) >= 11 is 0. The normalized spacial score (nSPS) is 10.3. The lowest BCUT2D eigenvalue weighted by atomic mass is 10.3. The molecule has 0 aliphatic rings. The highest BCUT2D eigenvalue weighted by Gasteiger charge is 2.04. The topological polar surface area (TPSA) is 73.3 Å². The molecule has 0 radical (unpaired) electrons. The Bertz CT molecular complexity index is 422. The van der Waals surface area contributed by atoms with Crippen LogP contribution in [0.25, 0.3) is 11.1 Å². The van der Waals surface area contributed by atoms with Gasteiger partial charge in [-0.2, -0.15) is 4.98 Å². The fraction of sp³-hybridized carbons (Fsp3) is 0.125. The first kappa shape index (κ1) is 7.88. The van der Waals surface area contributed by atoms with Gasteiger partial charge in [-0.3, -0.25) is 5.43 Å². The zero-order valence-electron chi connectivity index (χ0n) is 7.07. The number of hydrogen-bond donors (Lipinski definition) is 2. The van der Waals surface area contributed by atoms with Crippen molar-refractivity contribution in [1.82, 2.24) is 4.98 Å². The number of benzene rings is 1. The maximum absolute atomic E-state index is 5.21. The third-order valence-corrected chi connectivity index (χ3v) is 1.72. The predicted molar refractivity (Wildman–Crippen MR) is 48.4 cm³/mol. The molecule has 68 valence electrons. The van der Waals surface area contributed by atoms with E-state index >= 15 is 0 Å². The van der Waals surface area contributed by atoms with Gasteiger partial charge in [-0.15, -0.1) is 0 Å². The van der Waals surface area contributed by atoms with Gasteiger partial charge in [0.1, 0.15) is 11.3 Å². The summed E-state index contributed by atoms with van der Waals surface area (Å²) in [6.07, 6.45) is 0. The monoisotopic (exact) mass is 179 g/mol. The Labute approximate surface area is 74.5 Å². The minimum absolute atomic E-state index is 0.295. The van der Waals surface area contributed by atoms with Crippen molar-refractivity contribution in [3.63, 3.8) is 0 Å². The van der Waals surface area contributed by atoms with Gasteiger partial charge in [0.15, 0.2) is 5.58 Å². The minimum Gasteiger partial charge on any atom is -0.497 e. The molecule has 5 heteroatoms. The van der Waals surface area contributed by atoms with E-state index in [1.165, 1.54) is 0 Å². The number of anilines is 1. The van der Waals surface area contributed by atoms with E-state index in [4.69, 9.17) is 15.0 Å². The lowest BCUT2D eigenvalue weighted by Crippen LogP contribution is -2.06. The number of ether oxygens (including phenoxy) is 1. The van der Waals surface area contributed by atoms with Gasteiger partial charge < -0.3 is 9.15 Å². The van der Waals surface area contributed by atoms with Crippen molar-refractivity contribution in [3.05, 3.63) is 18.2 Å². The molecule has 0 spiro atoms. The number of hydrazine groups is 1. The minimum atomic E-state index is 0.295. The van der Waals surface area contributed by atoms with Crippen LogP contribution < -0.4 is 16.0 Å². The van der Waals surface area contributed by atoms with Gasteiger partial charge in [-0.1, -0.05) is 0 Å². The number of aromatic nitrogens is 1. The van der Waals surface area contributed by atoms with E-state index < -0.39 is 0 Å². The van der Waals surface area contributed by atoms with E-state index in [1.54, 1.807) is 25.3 Å². The molecule has 0 atom stereocenters. The summed E-state index contributed by atoms with van der Waals surface area (Å²) in [5, 5.41) is 0. The fourth-order valence-corrected chi connectivity index (χ4v) is 1.10. The molecule has 2 rings (SSSR count). The molecule has 1 aromatic heterocycles. The van der Waals surface area contributed by atoms with Crippen LogP contribution in [0.5, 0.6) is 5.75 Å². The molecule has 0 amide bonds. The van der Waals surface area contributed by atoms with Crippen LogP contribution >= 0.6 is 0 Å². The van der Waals surface area contributed by atoms with Gasteiger partial charge in [0.25, 0.3) is 0 Å². The Morgan fingerprint density at radius 3 is 3.08 bits per heavy atom. The first-order valence-corrected chi connectivity index (χ1v) is 3.74. The maximum atomic E-state index is 5.21. The Kier molecular flexibility index (Phi) is 1.79. The van der Waals surface area contributed by atoms with E-state index in [0.29, 0.717) is 17.1 Å². The average molecular weight is 179 g/mol. The second-order valence-corrected chi connectivity index (χ2v) is 2.50. The van der Waals surface area contributed by atoms with Gasteiger partial charge in [-0.25, -0.2) is 5.84 Å². The molecule has 3 N–H and O–H groups in total. The molecular weight excluding hydrogens is 170 g/mol. The molecule has 0 saturated heterocycles. The van der Waals surface area contributed by atoms with Crippen molar-refractivity contribution in [2.24, 2.45) is 5.84 Å². The van der Waals surface area contributed by atoms with Crippen LogP contribution in [-0.4, -0.2) is 12.1 Å². The largest absolute Gasteiger partial charge is 0.497 e. The number of hydrogen-bond acceptors (Lipinski definition) is 5. The van der Waals surface area contributed by atoms with Gasteiger partial charge in [0, 0.05) is 6.07 Å². The Morgan fingerprint density at radius 1 is 1.54 bits per heavy atom. The molecule has 13 heavy (non-hydrogen) atoms. The zero-order valence-corrected chi connectivity index (χ0v) is 7.07. The number of nitrogens with two attached hydrogens (primary N) is 1. The Hall–Kier alpha value is -1.75. The highest BCUT2D eigenvalue weighted by Crippen LogP contribution is 2.22. The van der Waals surface area contributed by atoms with Crippen molar-refractivity contribution in [2.75, 3.05) is 12.5 Å². The van der Waals surface area contributed by atoms with Gasteiger partial charge in [-0.05, 0) is 12.1 Å². The second-order valence-electron chi connectivity index (χ2n) is 2.50. The van der Waals surface area contributed by atoms with E-state index in [-0.39, 0.29) is 0 Å². The van der Waals surface area contributed by atoms with Gasteiger partial charge >= 0.3 is 6.01 Å². The van der Waals surface area contributed by atoms with Crippen LogP contribution in [0.4, 0.5) is 6.01 Å². The first-order valence-electron chi connectivity index (χ1n) is 3.74. The maximum Gasteiger partial charge on any atom is 0.310 e. The second kappa shape index (κ2) is 2.95.